The SMILES string of the molecule is CCOC(=O)[C@H]1[C@H]2C=C[C@H](CC2)N1[C@@H](C)c1ccccc1. The highest BCUT2D eigenvalue weighted by molar-refractivity contribution is 5.77. The van der Waals surface area contributed by atoms with E-state index in [9.17, 15) is 4.79 Å². The fourth-order valence-electron chi connectivity index (χ4n) is 3.72. The van der Waals surface area contributed by atoms with Crippen molar-refractivity contribution >= 4 is 5.97 Å². The van der Waals surface area contributed by atoms with Crippen molar-refractivity contribution < 1.29 is 9.53 Å². The third-order valence-corrected chi connectivity index (χ3v) is 4.74. The van der Waals surface area contributed by atoms with Gasteiger partial charge in [-0.05, 0) is 32.3 Å². The first kappa shape index (κ1) is 14.3. The number of carbonyl (C=O) groups is 1. The van der Waals surface area contributed by atoms with Crippen molar-refractivity contribution in [2.45, 2.75) is 44.8 Å². The first-order valence-corrected chi connectivity index (χ1v) is 7.89. The molecule has 0 spiro atoms. The molecule has 0 aromatic heterocycles. The van der Waals surface area contributed by atoms with Crippen LogP contribution in [-0.4, -0.2) is 29.6 Å². The van der Waals surface area contributed by atoms with Gasteiger partial charge >= 0.3 is 5.97 Å². The number of ether oxygens (including phenoxy) is 1. The lowest BCUT2D eigenvalue weighted by molar-refractivity contribution is -0.156. The minimum absolute atomic E-state index is 0.0701. The van der Waals surface area contributed by atoms with Crippen molar-refractivity contribution in [1.29, 1.82) is 0 Å². The summed E-state index contributed by atoms with van der Waals surface area (Å²) >= 11 is 0. The third-order valence-electron chi connectivity index (χ3n) is 4.74. The maximum absolute atomic E-state index is 12.4. The van der Waals surface area contributed by atoms with Crippen molar-refractivity contribution in [3.8, 4) is 0 Å². The summed E-state index contributed by atoms with van der Waals surface area (Å²) < 4.78 is 5.34. The van der Waals surface area contributed by atoms with Gasteiger partial charge in [0.2, 0.25) is 0 Å². The first-order valence-electron chi connectivity index (χ1n) is 7.89. The van der Waals surface area contributed by atoms with Crippen molar-refractivity contribution in [3.05, 3.63) is 48.0 Å². The quantitative estimate of drug-likeness (QED) is 0.628. The van der Waals surface area contributed by atoms with Crippen LogP contribution in [-0.2, 0) is 9.53 Å². The molecule has 3 nitrogen and oxygen atoms in total. The van der Waals surface area contributed by atoms with Crippen LogP contribution in [0.4, 0.5) is 0 Å². The molecule has 0 saturated carbocycles. The highest BCUT2D eigenvalue weighted by Crippen LogP contribution is 2.40. The maximum atomic E-state index is 12.4. The Kier molecular flexibility index (Phi) is 4.11. The summed E-state index contributed by atoms with van der Waals surface area (Å²) in [6, 6.07) is 10.9. The highest BCUT2D eigenvalue weighted by atomic mass is 16.5. The number of fused-ring (bicyclic) bond motifs is 2. The fourth-order valence-corrected chi connectivity index (χ4v) is 3.72. The lowest BCUT2D eigenvalue weighted by Gasteiger charge is -2.49. The number of hydrogen-bond donors (Lipinski definition) is 0. The molecule has 4 rings (SSSR count). The van der Waals surface area contributed by atoms with Gasteiger partial charge in [0.15, 0.2) is 0 Å². The maximum Gasteiger partial charge on any atom is 0.323 e. The minimum atomic E-state index is -0.135. The van der Waals surface area contributed by atoms with E-state index in [2.05, 4.69) is 48.2 Å². The molecule has 1 aliphatic carbocycles. The number of nitrogens with zero attached hydrogens (tertiary/aromatic N) is 1. The van der Waals surface area contributed by atoms with Gasteiger partial charge in [-0.15, -0.1) is 0 Å². The molecule has 1 fully saturated rings. The second-order valence-corrected chi connectivity index (χ2v) is 5.92. The van der Waals surface area contributed by atoms with Gasteiger partial charge < -0.3 is 4.74 Å². The number of esters is 1. The number of carbonyl (C=O) groups excluding carboxylic acids is 1. The third kappa shape index (κ3) is 2.62. The van der Waals surface area contributed by atoms with Crippen LogP contribution >= 0.6 is 0 Å². The summed E-state index contributed by atoms with van der Waals surface area (Å²) in [4.78, 5) is 14.8. The molecule has 0 amide bonds. The van der Waals surface area contributed by atoms with Crippen molar-refractivity contribution in [2.24, 2.45) is 5.92 Å². The molecule has 0 N–H and O–H groups in total. The van der Waals surface area contributed by atoms with Gasteiger partial charge in [0.1, 0.15) is 6.04 Å². The molecular formula is C18H23NO2. The Labute approximate surface area is 126 Å². The van der Waals surface area contributed by atoms with Gasteiger partial charge in [0.25, 0.3) is 0 Å². The Morgan fingerprint density at radius 1 is 1.29 bits per heavy atom. The van der Waals surface area contributed by atoms with E-state index >= 15 is 0 Å². The molecule has 3 heteroatoms. The molecule has 1 aromatic carbocycles. The van der Waals surface area contributed by atoms with Crippen LogP contribution in [0.5, 0.6) is 0 Å². The van der Waals surface area contributed by atoms with E-state index in [1.807, 2.05) is 13.0 Å². The van der Waals surface area contributed by atoms with Crippen LogP contribution < -0.4 is 0 Å². The summed E-state index contributed by atoms with van der Waals surface area (Å²) in [5.74, 6) is 0.222. The highest BCUT2D eigenvalue weighted by Gasteiger charge is 2.45. The van der Waals surface area contributed by atoms with E-state index in [-0.39, 0.29) is 18.1 Å². The first-order chi connectivity index (χ1) is 10.2. The number of rotatable bonds is 4. The van der Waals surface area contributed by atoms with Gasteiger partial charge in [0.05, 0.1) is 6.61 Å². The molecule has 1 saturated heterocycles. The average molecular weight is 285 g/mol. The van der Waals surface area contributed by atoms with Crippen LogP contribution in [0.25, 0.3) is 0 Å². The monoisotopic (exact) mass is 285 g/mol. The Balaban J connectivity index is 1.90. The van der Waals surface area contributed by atoms with Crippen molar-refractivity contribution in [2.75, 3.05) is 6.61 Å². The summed E-state index contributed by atoms with van der Waals surface area (Å²) in [6.45, 7) is 4.51. The van der Waals surface area contributed by atoms with E-state index in [4.69, 9.17) is 4.74 Å². The molecular weight excluding hydrogens is 262 g/mol. The van der Waals surface area contributed by atoms with Crippen molar-refractivity contribution in [3.63, 3.8) is 0 Å². The summed E-state index contributed by atoms with van der Waals surface area (Å²) in [5, 5.41) is 0. The smallest absolute Gasteiger partial charge is 0.323 e. The summed E-state index contributed by atoms with van der Waals surface area (Å²) in [5.41, 5.74) is 1.26. The van der Waals surface area contributed by atoms with E-state index in [0.717, 1.165) is 12.8 Å². The number of piperidine rings is 1. The Bertz CT molecular complexity index is 525. The minimum Gasteiger partial charge on any atom is -0.465 e. The lowest BCUT2D eigenvalue weighted by Crippen LogP contribution is -2.57. The zero-order valence-electron chi connectivity index (χ0n) is 12.7. The largest absolute Gasteiger partial charge is 0.465 e. The Morgan fingerprint density at radius 3 is 2.67 bits per heavy atom. The summed E-state index contributed by atoms with van der Waals surface area (Å²) in [6.07, 6.45) is 6.70. The topological polar surface area (TPSA) is 29.5 Å². The molecule has 2 heterocycles. The zero-order valence-corrected chi connectivity index (χ0v) is 12.7. The second kappa shape index (κ2) is 6.02. The van der Waals surface area contributed by atoms with E-state index in [1.165, 1.54) is 5.56 Å². The predicted octanol–water partition coefficient (Wildman–Crippen LogP) is 3.33. The molecule has 1 aromatic rings. The van der Waals surface area contributed by atoms with Gasteiger partial charge in [-0.2, -0.15) is 0 Å². The fraction of sp³-hybridized carbons (Fsp3) is 0.500. The van der Waals surface area contributed by atoms with Crippen LogP contribution in [0.2, 0.25) is 0 Å². The van der Waals surface area contributed by atoms with Gasteiger partial charge in [0, 0.05) is 18.0 Å². The molecule has 21 heavy (non-hydrogen) atoms. The van der Waals surface area contributed by atoms with E-state index in [1.54, 1.807) is 0 Å². The predicted molar refractivity (Wildman–Crippen MR) is 82.8 cm³/mol. The van der Waals surface area contributed by atoms with Gasteiger partial charge in [-0.3, -0.25) is 9.69 Å². The van der Waals surface area contributed by atoms with Gasteiger partial charge in [-0.25, -0.2) is 0 Å². The molecule has 112 valence electrons. The van der Waals surface area contributed by atoms with Crippen molar-refractivity contribution in [1.82, 2.24) is 4.90 Å². The molecule has 0 unspecified atom stereocenters. The van der Waals surface area contributed by atoms with Crippen LogP contribution in [0.3, 0.4) is 0 Å². The second-order valence-electron chi connectivity index (χ2n) is 5.92. The Morgan fingerprint density at radius 2 is 2.05 bits per heavy atom. The standard InChI is InChI=1S/C18H23NO2/c1-3-21-18(20)17-15-9-11-16(12-10-15)19(17)13(2)14-7-5-4-6-8-14/h4-9,11,13,15-17H,3,10,12H2,1-2H3/t13-,15-,16+,17+/m0/s1. The van der Waals surface area contributed by atoms with Gasteiger partial charge in [-0.1, -0.05) is 42.5 Å². The number of benzene rings is 1. The number of hydrogen-bond acceptors (Lipinski definition) is 3. The molecule has 0 radical (unpaired) electrons. The Hall–Kier alpha value is -1.61. The lowest BCUT2D eigenvalue weighted by atomic mass is 9.78. The van der Waals surface area contributed by atoms with Crippen LogP contribution in [0.1, 0.15) is 38.3 Å². The van der Waals surface area contributed by atoms with E-state index < -0.39 is 0 Å². The van der Waals surface area contributed by atoms with E-state index in [0.29, 0.717) is 18.6 Å². The molecule has 4 atom stereocenters. The normalized spacial score (nSPS) is 29.3. The molecule has 3 aliphatic rings. The van der Waals surface area contributed by atoms with Crippen LogP contribution in [0, 0.1) is 5.92 Å². The average Bonchev–Trinajstić information content (AvgIpc) is 2.55. The summed E-state index contributed by atoms with van der Waals surface area (Å²) in [7, 11) is 0. The molecule has 2 bridgehead atoms. The van der Waals surface area contributed by atoms with Crippen LogP contribution in [0.15, 0.2) is 42.5 Å². The zero-order chi connectivity index (χ0) is 14.8. The molecule has 2 aliphatic heterocycles.